The molecule has 0 atom stereocenters. The minimum absolute atomic E-state index is 0.161. The second-order valence-electron chi connectivity index (χ2n) is 7.95. The summed E-state index contributed by atoms with van der Waals surface area (Å²) in [6.45, 7) is 8.12. The van der Waals surface area contributed by atoms with Gasteiger partial charge >= 0.3 is 5.97 Å². The number of fused-ring (bicyclic) bond motifs is 1. The maximum atomic E-state index is 12.8. The van der Waals surface area contributed by atoms with E-state index in [-0.39, 0.29) is 25.1 Å². The molecule has 7 heteroatoms. The second-order valence-corrected chi connectivity index (χ2v) is 7.95. The normalized spacial score (nSPS) is 11.0. The fourth-order valence-electron chi connectivity index (χ4n) is 4.07. The molecule has 0 aliphatic rings. The van der Waals surface area contributed by atoms with Gasteiger partial charge in [0.15, 0.2) is 6.61 Å². The van der Waals surface area contributed by atoms with Crippen LogP contribution in [0.2, 0.25) is 0 Å². The minimum Gasteiger partial charge on any atom is -0.484 e. The summed E-state index contributed by atoms with van der Waals surface area (Å²) >= 11 is 0. The Hall–Kier alpha value is -3.87. The van der Waals surface area contributed by atoms with Gasteiger partial charge in [-0.25, -0.2) is 9.48 Å². The SMILES string of the molecule is CCOC(=O)c1c(C)n(Cc2ccccc2)c2ccc(OCC(=O)n3nc(C)cc3C)cc12. The van der Waals surface area contributed by atoms with Gasteiger partial charge in [0.1, 0.15) is 5.75 Å². The lowest BCUT2D eigenvalue weighted by Crippen LogP contribution is -2.21. The summed E-state index contributed by atoms with van der Waals surface area (Å²) in [6, 6.07) is 17.4. The zero-order valence-electron chi connectivity index (χ0n) is 19.3. The Labute approximate surface area is 192 Å². The van der Waals surface area contributed by atoms with Gasteiger partial charge < -0.3 is 14.0 Å². The molecule has 0 bridgehead atoms. The molecule has 0 unspecified atom stereocenters. The molecule has 0 amide bonds. The van der Waals surface area contributed by atoms with Crippen LogP contribution in [0.3, 0.4) is 0 Å². The Morgan fingerprint density at radius 3 is 2.42 bits per heavy atom. The highest BCUT2D eigenvalue weighted by Crippen LogP contribution is 2.31. The average molecular weight is 446 g/mol. The van der Waals surface area contributed by atoms with Crippen LogP contribution in [0.5, 0.6) is 5.75 Å². The first-order chi connectivity index (χ1) is 15.9. The van der Waals surface area contributed by atoms with Crippen molar-refractivity contribution in [3.63, 3.8) is 0 Å². The molecule has 0 aliphatic carbocycles. The summed E-state index contributed by atoms with van der Waals surface area (Å²) < 4.78 is 14.6. The quantitative estimate of drug-likeness (QED) is 0.385. The number of benzene rings is 2. The molecule has 0 fully saturated rings. The number of nitrogens with zero attached hydrogens (tertiary/aromatic N) is 3. The third kappa shape index (κ3) is 4.53. The van der Waals surface area contributed by atoms with Crippen molar-refractivity contribution >= 4 is 22.8 Å². The Morgan fingerprint density at radius 1 is 1.00 bits per heavy atom. The van der Waals surface area contributed by atoms with Crippen LogP contribution >= 0.6 is 0 Å². The highest BCUT2D eigenvalue weighted by atomic mass is 16.5. The Balaban J connectivity index is 1.67. The number of aromatic nitrogens is 3. The van der Waals surface area contributed by atoms with Crippen molar-refractivity contribution in [2.75, 3.05) is 13.2 Å². The van der Waals surface area contributed by atoms with Gasteiger partial charge in [-0.15, -0.1) is 0 Å². The number of hydrogen-bond acceptors (Lipinski definition) is 5. The fraction of sp³-hybridized carbons (Fsp3) is 0.269. The monoisotopic (exact) mass is 445 g/mol. The van der Waals surface area contributed by atoms with E-state index in [2.05, 4.69) is 21.8 Å². The van der Waals surface area contributed by atoms with Crippen LogP contribution in [0.1, 0.15) is 44.7 Å². The van der Waals surface area contributed by atoms with Crippen LogP contribution in [0.4, 0.5) is 0 Å². The largest absolute Gasteiger partial charge is 0.484 e. The number of hydrogen-bond donors (Lipinski definition) is 0. The first kappa shape index (κ1) is 22.3. The number of rotatable bonds is 7. The summed E-state index contributed by atoms with van der Waals surface area (Å²) in [5.74, 6) is -0.133. The van der Waals surface area contributed by atoms with E-state index in [0.29, 0.717) is 17.9 Å². The molecule has 33 heavy (non-hydrogen) atoms. The van der Waals surface area contributed by atoms with Crippen LogP contribution in [0, 0.1) is 20.8 Å². The van der Waals surface area contributed by atoms with Gasteiger partial charge in [0, 0.05) is 28.8 Å². The van der Waals surface area contributed by atoms with Gasteiger partial charge in [0.2, 0.25) is 0 Å². The predicted octanol–water partition coefficient (Wildman–Crippen LogP) is 4.71. The number of esters is 1. The van der Waals surface area contributed by atoms with Gasteiger partial charge in [0.25, 0.3) is 5.91 Å². The molecule has 0 aliphatic heterocycles. The van der Waals surface area contributed by atoms with Crippen molar-refractivity contribution in [2.45, 2.75) is 34.2 Å². The lowest BCUT2D eigenvalue weighted by molar-refractivity contribution is 0.0527. The van der Waals surface area contributed by atoms with Crippen molar-refractivity contribution in [1.82, 2.24) is 14.3 Å². The molecule has 0 radical (unpaired) electrons. The van der Waals surface area contributed by atoms with Crippen molar-refractivity contribution in [1.29, 1.82) is 0 Å². The maximum absolute atomic E-state index is 12.8. The van der Waals surface area contributed by atoms with E-state index in [0.717, 1.165) is 33.5 Å². The predicted molar refractivity (Wildman–Crippen MR) is 126 cm³/mol. The molecule has 2 aromatic carbocycles. The standard InChI is InChI=1S/C26H27N3O4/c1-5-32-26(31)25-19(4)28(15-20-9-7-6-8-10-20)23-12-11-21(14-22(23)25)33-16-24(30)29-18(3)13-17(2)27-29/h6-14H,5,15-16H2,1-4H3. The molecule has 0 saturated heterocycles. The van der Waals surface area contributed by atoms with Gasteiger partial charge in [-0.2, -0.15) is 5.10 Å². The van der Waals surface area contributed by atoms with Crippen molar-refractivity contribution in [2.24, 2.45) is 0 Å². The fourth-order valence-corrected chi connectivity index (χ4v) is 4.07. The lowest BCUT2D eigenvalue weighted by atomic mass is 10.1. The minimum atomic E-state index is -0.373. The zero-order valence-corrected chi connectivity index (χ0v) is 19.3. The van der Waals surface area contributed by atoms with E-state index < -0.39 is 0 Å². The molecule has 7 nitrogen and oxygen atoms in total. The summed E-state index contributed by atoms with van der Waals surface area (Å²) in [5, 5.41) is 4.94. The van der Waals surface area contributed by atoms with E-state index >= 15 is 0 Å². The second kappa shape index (κ2) is 9.32. The zero-order chi connectivity index (χ0) is 23.5. The molecular formula is C26H27N3O4. The van der Waals surface area contributed by atoms with Crippen LogP contribution in [-0.4, -0.2) is 39.4 Å². The lowest BCUT2D eigenvalue weighted by Gasteiger charge is -2.10. The van der Waals surface area contributed by atoms with Gasteiger partial charge in [-0.05, 0) is 57.5 Å². The summed E-state index contributed by atoms with van der Waals surface area (Å²) in [4.78, 5) is 25.3. The molecule has 4 rings (SSSR count). The van der Waals surface area contributed by atoms with Crippen LogP contribution < -0.4 is 4.74 Å². The van der Waals surface area contributed by atoms with E-state index in [1.807, 2.05) is 57.2 Å². The van der Waals surface area contributed by atoms with E-state index in [9.17, 15) is 9.59 Å². The molecular weight excluding hydrogens is 418 g/mol. The third-order valence-electron chi connectivity index (χ3n) is 5.57. The molecule has 170 valence electrons. The number of carbonyl (C=O) groups is 2. The summed E-state index contributed by atoms with van der Waals surface area (Å²) in [5.41, 5.74) is 4.90. The Bertz CT molecular complexity index is 1320. The van der Waals surface area contributed by atoms with Gasteiger partial charge in [-0.3, -0.25) is 4.79 Å². The van der Waals surface area contributed by atoms with Crippen LogP contribution in [0.15, 0.2) is 54.6 Å². The maximum Gasteiger partial charge on any atom is 0.340 e. The molecule has 0 spiro atoms. The first-order valence-electron chi connectivity index (χ1n) is 10.9. The van der Waals surface area contributed by atoms with Crippen molar-refractivity contribution in [3.05, 3.63) is 82.8 Å². The van der Waals surface area contributed by atoms with Crippen molar-refractivity contribution < 1.29 is 19.1 Å². The van der Waals surface area contributed by atoms with Crippen LogP contribution in [0.25, 0.3) is 10.9 Å². The number of ether oxygens (including phenoxy) is 2. The molecule has 2 aromatic heterocycles. The Kier molecular flexibility index (Phi) is 6.31. The summed E-state index contributed by atoms with van der Waals surface area (Å²) in [7, 11) is 0. The highest BCUT2D eigenvalue weighted by molar-refractivity contribution is 6.06. The van der Waals surface area contributed by atoms with E-state index in [1.165, 1.54) is 4.68 Å². The van der Waals surface area contributed by atoms with Crippen LogP contribution in [-0.2, 0) is 11.3 Å². The Morgan fingerprint density at radius 2 is 1.76 bits per heavy atom. The average Bonchev–Trinajstić information content (AvgIpc) is 3.28. The molecule has 2 heterocycles. The highest BCUT2D eigenvalue weighted by Gasteiger charge is 2.22. The van der Waals surface area contributed by atoms with Gasteiger partial charge in [-0.1, -0.05) is 30.3 Å². The molecule has 0 saturated carbocycles. The topological polar surface area (TPSA) is 75.3 Å². The third-order valence-corrected chi connectivity index (χ3v) is 5.57. The summed E-state index contributed by atoms with van der Waals surface area (Å²) in [6.07, 6.45) is 0. The van der Waals surface area contributed by atoms with E-state index in [4.69, 9.17) is 9.47 Å². The number of aryl methyl sites for hydroxylation is 2. The number of carbonyl (C=O) groups excluding carboxylic acids is 2. The van der Waals surface area contributed by atoms with Gasteiger partial charge in [0.05, 0.1) is 17.9 Å². The smallest absolute Gasteiger partial charge is 0.340 e. The van der Waals surface area contributed by atoms with Crippen molar-refractivity contribution in [3.8, 4) is 5.75 Å². The molecule has 4 aromatic rings. The molecule has 0 N–H and O–H groups in total. The first-order valence-corrected chi connectivity index (χ1v) is 10.9. The van der Waals surface area contributed by atoms with E-state index in [1.54, 1.807) is 13.0 Å².